The molecule has 6 heteroatoms. The minimum atomic E-state index is -1.06. The summed E-state index contributed by atoms with van der Waals surface area (Å²) in [6.45, 7) is 4.63. The van der Waals surface area contributed by atoms with Crippen LogP contribution in [-0.4, -0.2) is 64.3 Å². The van der Waals surface area contributed by atoms with Crippen molar-refractivity contribution >= 4 is 12.0 Å². The SMILES string of the molecule is CC(C)CN(C)C(=O)N1C[C@@H](O)C[C@H]1C(=O)O. The smallest absolute Gasteiger partial charge is 0.326 e. The highest BCUT2D eigenvalue weighted by Crippen LogP contribution is 2.19. The Bertz CT molecular complexity index is 306. The van der Waals surface area contributed by atoms with Crippen molar-refractivity contribution in [2.24, 2.45) is 5.92 Å². The van der Waals surface area contributed by atoms with Gasteiger partial charge < -0.3 is 20.0 Å². The summed E-state index contributed by atoms with van der Waals surface area (Å²) in [7, 11) is 1.64. The molecule has 0 radical (unpaired) electrons. The Morgan fingerprint density at radius 1 is 1.47 bits per heavy atom. The van der Waals surface area contributed by atoms with E-state index in [4.69, 9.17) is 5.11 Å². The lowest BCUT2D eigenvalue weighted by molar-refractivity contribution is -0.141. The molecule has 17 heavy (non-hydrogen) atoms. The van der Waals surface area contributed by atoms with E-state index in [0.29, 0.717) is 12.5 Å². The molecule has 2 atom stereocenters. The number of carboxylic acid groups (broad SMARTS) is 1. The molecule has 2 amide bonds. The fourth-order valence-corrected chi connectivity index (χ4v) is 2.10. The molecule has 2 N–H and O–H groups in total. The third kappa shape index (κ3) is 3.33. The number of urea groups is 1. The second-order valence-electron chi connectivity index (χ2n) is 4.95. The molecule has 1 aliphatic rings. The van der Waals surface area contributed by atoms with Crippen LogP contribution in [0.2, 0.25) is 0 Å². The average Bonchev–Trinajstić information content (AvgIpc) is 2.58. The van der Waals surface area contributed by atoms with Crippen molar-refractivity contribution in [3.63, 3.8) is 0 Å². The lowest BCUT2D eigenvalue weighted by Gasteiger charge is -2.28. The average molecular weight is 244 g/mol. The molecule has 1 aliphatic heterocycles. The first kappa shape index (κ1) is 13.8. The summed E-state index contributed by atoms with van der Waals surface area (Å²) in [5, 5.41) is 18.4. The Labute approximate surface area is 101 Å². The van der Waals surface area contributed by atoms with Gasteiger partial charge in [0.1, 0.15) is 6.04 Å². The van der Waals surface area contributed by atoms with Gasteiger partial charge in [-0.25, -0.2) is 9.59 Å². The topological polar surface area (TPSA) is 81.1 Å². The minimum Gasteiger partial charge on any atom is -0.480 e. The van der Waals surface area contributed by atoms with E-state index in [1.807, 2.05) is 13.8 Å². The first-order valence-corrected chi connectivity index (χ1v) is 5.75. The van der Waals surface area contributed by atoms with Gasteiger partial charge >= 0.3 is 12.0 Å². The van der Waals surface area contributed by atoms with E-state index >= 15 is 0 Å². The molecule has 0 saturated carbocycles. The molecule has 98 valence electrons. The van der Waals surface area contributed by atoms with Gasteiger partial charge in [-0.1, -0.05) is 13.8 Å². The summed E-state index contributed by atoms with van der Waals surface area (Å²) >= 11 is 0. The highest BCUT2D eigenvalue weighted by molar-refractivity contribution is 5.83. The number of β-amino-alcohol motifs (C(OH)–C–C–N with tert-alkyl or cyclic N) is 1. The summed E-state index contributed by atoms with van der Waals surface area (Å²) in [6, 6.07) is -1.24. The van der Waals surface area contributed by atoms with Gasteiger partial charge in [0.25, 0.3) is 0 Å². The number of hydrogen-bond donors (Lipinski definition) is 2. The lowest BCUT2D eigenvalue weighted by atomic mass is 10.2. The number of carbonyl (C=O) groups excluding carboxylic acids is 1. The second-order valence-corrected chi connectivity index (χ2v) is 4.95. The third-order valence-electron chi connectivity index (χ3n) is 2.78. The van der Waals surface area contributed by atoms with Crippen molar-refractivity contribution in [3.05, 3.63) is 0 Å². The van der Waals surface area contributed by atoms with Crippen molar-refractivity contribution < 1.29 is 19.8 Å². The monoisotopic (exact) mass is 244 g/mol. The van der Waals surface area contributed by atoms with Gasteiger partial charge in [-0.2, -0.15) is 0 Å². The Balaban J connectivity index is 2.70. The summed E-state index contributed by atoms with van der Waals surface area (Å²) in [6.07, 6.45) is -0.635. The molecule has 6 nitrogen and oxygen atoms in total. The lowest BCUT2D eigenvalue weighted by Crippen LogP contribution is -2.47. The molecule has 1 heterocycles. The summed E-state index contributed by atoms with van der Waals surface area (Å²) in [5.41, 5.74) is 0. The predicted octanol–water partition coefficient (Wildman–Crippen LogP) is 0.214. The van der Waals surface area contributed by atoms with Gasteiger partial charge in [-0.15, -0.1) is 0 Å². The molecule has 0 aromatic rings. The number of aliphatic hydroxyl groups excluding tert-OH is 1. The number of aliphatic carboxylic acids is 1. The van der Waals surface area contributed by atoms with Crippen molar-refractivity contribution in [3.8, 4) is 0 Å². The van der Waals surface area contributed by atoms with Crippen LogP contribution in [0.1, 0.15) is 20.3 Å². The van der Waals surface area contributed by atoms with Crippen LogP contribution in [-0.2, 0) is 4.79 Å². The first-order chi connectivity index (χ1) is 7.82. The first-order valence-electron chi connectivity index (χ1n) is 5.75. The Kier molecular flexibility index (Phi) is 4.34. The summed E-state index contributed by atoms with van der Waals surface area (Å²) < 4.78 is 0. The Morgan fingerprint density at radius 2 is 2.06 bits per heavy atom. The van der Waals surface area contributed by atoms with Gasteiger partial charge in [0.15, 0.2) is 0 Å². The largest absolute Gasteiger partial charge is 0.480 e. The van der Waals surface area contributed by atoms with E-state index in [1.54, 1.807) is 7.05 Å². The van der Waals surface area contributed by atoms with Crippen molar-refractivity contribution in [2.75, 3.05) is 20.1 Å². The fraction of sp³-hybridized carbons (Fsp3) is 0.818. The van der Waals surface area contributed by atoms with Crippen molar-refractivity contribution in [1.82, 2.24) is 9.80 Å². The molecular formula is C11H20N2O4. The second kappa shape index (κ2) is 5.35. The highest BCUT2D eigenvalue weighted by atomic mass is 16.4. The Hall–Kier alpha value is -1.30. The van der Waals surface area contributed by atoms with Gasteiger partial charge in [-0.05, 0) is 5.92 Å². The number of aliphatic hydroxyl groups is 1. The number of rotatable bonds is 3. The molecule has 0 aliphatic carbocycles. The van der Waals surface area contributed by atoms with Crippen LogP contribution in [0.25, 0.3) is 0 Å². The molecule has 1 fully saturated rings. The van der Waals surface area contributed by atoms with Crippen LogP contribution in [0, 0.1) is 5.92 Å². The van der Waals surface area contributed by atoms with Gasteiger partial charge in [0.2, 0.25) is 0 Å². The zero-order chi connectivity index (χ0) is 13.2. The van der Waals surface area contributed by atoms with Crippen LogP contribution in [0.15, 0.2) is 0 Å². The summed E-state index contributed by atoms with van der Waals surface area (Å²) in [4.78, 5) is 25.7. The van der Waals surface area contributed by atoms with Gasteiger partial charge in [0.05, 0.1) is 6.10 Å². The van der Waals surface area contributed by atoms with Crippen molar-refractivity contribution in [2.45, 2.75) is 32.4 Å². The van der Waals surface area contributed by atoms with E-state index in [-0.39, 0.29) is 19.0 Å². The van der Waals surface area contributed by atoms with Crippen LogP contribution in [0.4, 0.5) is 4.79 Å². The van der Waals surface area contributed by atoms with Crippen LogP contribution in [0.3, 0.4) is 0 Å². The number of hydrogen-bond acceptors (Lipinski definition) is 3. The van der Waals surface area contributed by atoms with E-state index < -0.39 is 18.1 Å². The predicted molar refractivity (Wildman–Crippen MR) is 61.6 cm³/mol. The molecule has 1 saturated heterocycles. The summed E-state index contributed by atoms with van der Waals surface area (Å²) in [5.74, 6) is -0.743. The molecule has 1 rings (SSSR count). The highest BCUT2D eigenvalue weighted by Gasteiger charge is 2.39. The van der Waals surface area contributed by atoms with Gasteiger partial charge in [0, 0.05) is 26.6 Å². The van der Waals surface area contributed by atoms with Crippen LogP contribution < -0.4 is 0 Å². The number of nitrogens with zero attached hydrogens (tertiary/aromatic N) is 2. The number of carboxylic acids is 1. The number of likely N-dealkylation sites (tertiary alicyclic amines) is 1. The maximum Gasteiger partial charge on any atom is 0.326 e. The molecule has 0 unspecified atom stereocenters. The van der Waals surface area contributed by atoms with E-state index in [2.05, 4.69) is 0 Å². The zero-order valence-electron chi connectivity index (χ0n) is 10.5. The van der Waals surface area contributed by atoms with E-state index in [1.165, 1.54) is 9.80 Å². The normalized spacial score (nSPS) is 24.2. The number of amides is 2. The third-order valence-corrected chi connectivity index (χ3v) is 2.78. The van der Waals surface area contributed by atoms with E-state index in [0.717, 1.165) is 0 Å². The maximum absolute atomic E-state index is 12.0. The van der Waals surface area contributed by atoms with E-state index in [9.17, 15) is 14.7 Å². The molecule has 0 spiro atoms. The molecule has 0 aromatic heterocycles. The molecule has 0 aromatic carbocycles. The number of carbonyl (C=O) groups is 2. The van der Waals surface area contributed by atoms with Crippen LogP contribution in [0.5, 0.6) is 0 Å². The van der Waals surface area contributed by atoms with Gasteiger partial charge in [-0.3, -0.25) is 0 Å². The molecular weight excluding hydrogens is 224 g/mol. The maximum atomic E-state index is 12.0. The standard InChI is InChI=1S/C11H20N2O4/c1-7(2)5-12(3)11(17)13-6-8(14)4-9(13)10(15)16/h7-9,14H,4-6H2,1-3H3,(H,15,16)/t8-,9-/m0/s1. The zero-order valence-corrected chi connectivity index (χ0v) is 10.5. The Morgan fingerprint density at radius 3 is 2.53 bits per heavy atom. The minimum absolute atomic E-state index is 0.0955. The van der Waals surface area contributed by atoms with Crippen LogP contribution >= 0.6 is 0 Å². The van der Waals surface area contributed by atoms with Crippen molar-refractivity contribution in [1.29, 1.82) is 0 Å². The quantitative estimate of drug-likeness (QED) is 0.744. The fourth-order valence-electron chi connectivity index (χ4n) is 2.10. The molecule has 0 bridgehead atoms.